The quantitative estimate of drug-likeness (QED) is 0.723. The summed E-state index contributed by atoms with van der Waals surface area (Å²) in [6.07, 6.45) is 2.53. The molecule has 0 amide bonds. The minimum atomic E-state index is 0.202. The lowest BCUT2D eigenvalue weighted by molar-refractivity contribution is 0.596. The van der Waals surface area contributed by atoms with Crippen LogP contribution in [-0.2, 0) is 13.6 Å². The van der Waals surface area contributed by atoms with Gasteiger partial charge in [0.2, 0.25) is 0 Å². The van der Waals surface area contributed by atoms with E-state index in [-0.39, 0.29) is 5.38 Å². The predicted molar refractivity (Wildman–Crippen MR) is 52.6 cm³/mol. The molecule has 13 heavy (non-hydrogen) atoms. The molecule has 1 N–H and O–H groups in total. The molecular formula is C8H15ClN4. The number of halogens is 1. The van der Waals surface area contributed by atoms with E-state index in [4.69, 9.17) is 11.6 Å². The van der Waals surface area contributed by atoms with Crippen LogP contribution < -0.4 is 5.32 Å². The summed E-state index contributed by atoms with van der Waals surface area (Å²) in [7, 11) is 1.88. The van der Waals surface area contributed by atoms with Crippen LogP contribution >= 0.6 is 11.6 Å². The third-order valence-electron chi connectivity index (χ3n) is 1.90. The molecule has 0 saturated heterocycles. The number of aryl methyl sites for hydroxylation is 1. The molecule has 0 radical (unpaired) electrons. The number of hydrogen-bond acceptors (Lipinski definition) is 3. The largest absolute Gasteiger partial charge is 0.308 e. The van der Waals surface area contributed by atoms with Crippen LogP contribution in [0.15, 0.2) is 6.33 Å². The van der Waals surface area contributed by atoms with E-state index in [1.54, 1.807) is 11.0 Å². The molecule has 0 aliphatic carbocycles. The van der Waals surface area contributed by atoms with Crippen LogP contribution in [0, 0.1) is 0 Å². The van der Waals surface area contributed by atoms with Crippen LogP contribution in [0.25, 0.3) is 0 Å². The third kappa shape index (κ3) is 3.32. The van der Waals surface area contributed by atoms with Gasteiger partial charge in [-0.3, -0.25) is 4.68 Å². The van der Waals surface area contributed by atoms with Crippen molar-refractivity contribution in [2.24, 2.45) is 7.05 Å². The number of rotatable bonds is 5. The fraction of sp³-hybridized carbons (Fsp3) is 0.750. The van der Waals surface area contributed by atoms with E-state index < -0.39 is 0 Å². The Morgan fingerprint density at radius 1 is 1.69 bits per heavy atom. The van der Waals surface area contributed by atoms with Crippen molar-refractivity contribution in [2.45, 2.75) is 25.3 Å². The summed E-state index contributed by atoms with van der Waals surface area (Å²) in [4.78, 5) is 4.08. The zero-order chi connectivity index (χ0) is 9.68. The highest BCUT2D eigenvalue weighted by molar-refractivity contribution is 6.20. The van der Waals surface area contributed by atoms with Gasteiger partial charge in [-0.15, -0.1) is 11.6 Å². The second-order valence-electron chi connectivity index (χ2n) is 2.94. The molecule has 1 heterocycles. The molecular weight excluding hydrogens is 188 g/mol. The lowest BCUT2D eigenvalue weighted by Gasteiger charge is -2.07. The second kappa shape index (κ2) is 5.19. The molecule has 0 spiro atoms. The van der Waals surface area contributed by atoms with Gasteiger partial charge in [0, 0.05) is 19.0 Å². The SMILES string of the molecule is CCC(Cl)CNCc1ncnn1C. The number of nitrogens with one attached hydrogen (secondary N) is 1. The van der Waals surface area contributed by atoms with E-state index >= 15 is 0 Å². The van der Waals surface area contributed by atoms with Gasteiger partial charge in [0.25, 0.3) is 0 Å². The Kier molecular flexibility index (Phi) is 4.18. The topological polar surface area (TPSA) is 42.7 Å². The average Bonchev–Trinajstić information content (AvgIpc) is 2.52. The van der Waals surface area contributed by atoms with Crippen LogP contribution in [0.2, 0.25) is 0 Å². The molecule has 1 aromatic rings. The van der Waals surface area contributed by atoms with Gasteiger partial charge in [-0.2, -0.15) is 5.10 Å². The summed E-state index contributed by atoms with van der Waals surface area (Å²) in [5, 5.41) is 7.39. The Bertz CT molecular complexity index is 248. The Morgan fingerprint density at radius 3 is 3.00 bits per heavy atom. The minimum Gasteiger partial charge on any atom is -0.308 e. The van der Waals surface area contributed by atoms with Crippen molar-refractivity contribution in [3.8, 4) is 0 Å². The highest BCUT2D eigenvalue weighted by Gasteiger charge is 2.02. The Morgan fingerprint density at radius 2 is 2.46 bits per heavy atom. The number of nitrogens with zero attached hydrogens (tertiary/aromatic N) is 3. The summed E-state index contributed by atoms with van der Waals surface area (Å²) in [5.41, 5.74) is 0. The Labute approximate surface area is 83.3 Å². The summed E-state index contributed by atoms with van der Waals surface area (Å²) in [6.45, 7) is 3.60. The second-order valence-corrected chi connectivity index (χ2v) is 3.55. The molecule has 0 saturated carbocycles. The molecule has 74 valence electrons. The lowest BCUT2D eigenvalue weighted by Crippen LogP contribution is -2.23. The maximum Gasteiger partial charge on any atom is 0.140 e. The molecule has 5 heteroatoms. The fourth-order valence-corrected chi connectivity index (χ4v) is 1.07. The van der Waals surface area contributed by atoms with Crippen LogP contribution in [0.3, 0.4) is 0 Å². The van der Waals surface area contributed by atoms with Gasteiger partial charge in [-0.1, -0.05) is 6.92 Å². The van der Waals surface area contributed by atoms with E-state index in [0.717, 1.165) is 25.3 Å². The van der Waals surface area contributed by atoms with Crippen molar-refractivity contribution in [1.29, 1.82) is 0 Å². The van der Waals surface area contributed by atoms with Crippen LogP contribution in [0.5, 0.6) is 0 Å². The first kappa shape index (κ1) is 10.5. The molecule has 4 nitrogen and oxygen atoms in total. The van der Waals surface area contributed by atoms with Gasteiger partial charge in [-0.05, 0) is 6.42 Å². The first-order valence-corrected chi connectivity index (χ1v) is 4.85. The highest BCUT2D eigenvalue weighted by atomic mass is 35.5. The molecule has 0 aliphatic heterocycles. The lowest BCUT2D eigenvalue weighted by atomic mass is 10.3. The van der Waals surface area contributed by atoms with E-state index in [1.165, 1.54) is 0 Å². The maximum atomic E-state index is 5.94. The zero-order valence-electron chi connectivity index (χ0n) is 8.00. The average molecular weight is 203 g/mol. The van der Waals surface area contributed by atoms with Gasteiger partial charge in [0.1, 0.15) is 12.2 Å². The summed E-state index contributed by atoms with van der Waals surface area (Å²) in [6, 6.07) is 0. The normalized spacial score (nSPS) is 13.2. The van der Waals surface area contributed by atoms with Gasteiger partial charge < -0.3 is 5.32 Å². The molecule has 1 atom stereocenters. The minimum absolute atomic E-state index is 0.202. The van der Waals surface area contributed by atoms with E-state index in [2.05, 4.69) is 22.3 Å². The van der Waals surface area contributed by atoms with Gasteiger partial charge >= 0.3 is 0 Å². The molecule has 1 aromatic heterocycles. The van der Waals surface area contributed by atoms with Crippen molar-refractivity contribution in [1.82, 2.24) is 20.1 Å². The molecule has 1 unspecified atom stereocenters. The molecule has 0 aliphatic rings. The predicted octanol–water partition coefficient (Wildman–Crippen LogP) is 0.922. The first-order valence-electron chi connectivity index (χ1n) is 4.41. The third-order valence-corrected chi connectivity index (χ3v) is 2.36. The van der Waals surface area contributed by atoms with Gasteiger partial charge in [0.15, 0.2) is 0 Å². The van der Waals surface area contributed by atoms with Crippen molar-refractivity contribution in [2.75, 3.05) is 6.54 Å². The Balaban J connectivity index is 2.24. The summed E-state index contributed by atoms with van der Waals surface area (Å²) in [5.74, 6) is 0.931. The van der Waals surface area contributed by atoms with Crippen LogP contribution in [-0.4, -0.2) is 26.7 Å². The van der Waals surface area contributed by atoms with E-state index in [1.807, 2.05) is 7.05 Å². The number of alkyl halides is 1. The number of hydrogen-bond donors (Lipinski definition) is 1. The smallest absolute Gasteiger partial charge is 0.140 e. The molecule has 0 fully saturated rings. The zero-order valence-corrected chi connectivity index (χ0v) is 8.75. The van der Waals surface area contributed by atoms with Crippen molar-refractivity contribution < 1.29 is 0 Å². The van der Waals surface area contributed by atoms with Crippen molar-refractivity contribution in [3.63, 3.8) is 0 Å². The fourth-order valence-electron chi connectivity index (χ4n) is 0.965. The van der Waals surface area contributed by atoms with Crippen LogP contribution in [0.1, 0.15) is 19.2 Å². The van der Waals surface area contributed by atoms with E-state index in [9.17, 15) is 0 Å². The monoisotopic (exact) mass is 202 g/mol. The van der Waals surface area contributed by atoms with Gasteiger partial charge in [-0.25, -0.2) is 4.98 Å². The van der Waals surface area contributed by atoms with Gasteiger partial charge in [0.05, 0.1) is 6.54 Å². The molecule has 0 bridgehead atoms. The highest BCUT2D eigenvalue weighted by Crippen LogP contribution is 1.98. The summed E-state index contributed by atoms with van der Waals surface area (Å²) >= 11 is 5.94. The Hall–Kier alpha value is -0.610. The molecule has 1 rings (SSSR count). The maximum absolute atomic E-state index is 5.94. The number of aromatic nitrogens is 3. The van der Waals surface area contributed by atoms with Crippen LogP contribution in [0.4, 0.5) is 0 Å². The standard InChI is InChI=1S/C8H15ClN4/c1-3-7(9)4-10-5-8-11-6-12-13(8)2/h6-7,10H,3-5H2,1-2H3. The summed E-state index contributed by atoms with van der Waals surface area (Å²) < 4.78 is 1.75. The molecule has 0 aromatic carbocycles. The van der Waals surface area contributed by atoms with Crippen molar-refractivity contribution >= 4 is 11.6 Å². The van der Waals surface area contributed by atoms with Crippen molar-refractivity contribution in [3.05, 3.63) is 12.2 Å². The van der Waals surface area contributed by atoms with E-state index in [0.29, 0.717) is 0 Å². The first-order chi connectivity index (χ1) is 6.24.